The van der Waals surface area contributed by atoms with E-state index in [0.717, 1.165) is 12.8 Å². The third-order valence-electron chi connectivity index (χ3n) is 4.92. The second-order valence-electron chi connectivity index (χ2n) is 7.63. The number of carbonyl (C=O) groups excluding carboxylic acids is 1. The summed E-state index contributed by atoms with van der Waals surface area (Å²) < 4.78 is 11.4. The SMILES string of the molecule is COCCC(=O)N[C@@H]1C[C@H](C(C)(C)C)O[C@@H]2CCCC[C@@H]12. The van der Waals surface area contributed by atoms with Crippen molar-refractivity contribution in [2.24, 2.45) is 11.3 Å². The first-order chi connectivity index (χ1) is 9.91. The molecule has 4 nitrogen and oxygen atoms in total. The Balaban J connectivity index is 2.02. The lowest BCUT2D eigenvalue weighted by atomic mass is 9.73. The normalized spacial score (nSPS) is 33.3. The maximum absolute atomic E-state index is 12.1. The molecule has 0 spiro atoms. The maximum atomic E-state index is 12.1. The van der Waals surface area contributed by atoms with Crippen molar-refractivity contribution in [2.75, 3.05) is 13.7 Å². The van der Waals surface area contributed by atoms with Gasteiger partial charge in [0.05, 0.1) is 18.8 Å². The highest BCUT2D eigenvalue weighted by molar-refractivity contribution is 5.76. The molecule has 21 heavy (non-hydrogen) atoms. The van der Waals surface area contributed by atoms with Gasteiger partial charge in [0.1, 0.15) is 0 Å². The van der Waals surface area contributed by atoms with Gasteiger partial charge in [0, 0.05) is 25.5 Å². The smallest absolute Gasteiger partial charge is 0.222 e. The van der Waals surface area contributed by atoms with Crippen molar-refractivity contribution >= 4 is 5.91 Å². The number of rotatable bonds is 4. The minimum atomic E-state index is 0.112. The van der Waals surface area contributed by atoms with Crippen LogP contribution in [0.15, 0.2) is 0 Å². The molecule has 4 heteroatoms. The lowest BCUT2D eigenvalue weighted by Crippen LogP contribution is -2.55. The van der Waals surface area contributed by atoms with Crippen molar-refractivity contribution in [1.82, 2.24) is 5.32 Å². The predicted octanol–water partition coefficient (Wildman–Crippen LogP) is 2.90. The van der Waals surface area contributed by atoms with Crippen LogP contribution in [-0.4, -0.2) is 37.9 Å². The molecule has 2 fully saturated rings. The molecule has 1 saturated heterocycles. The van der Waals surface area contributed by atoms with Crippen LogP contribution in [0.25, 0.3) is 0 Å². The third-order valence-corrected chi connectivity index (χ3v) is 4.92. The van der Waals surface area contributed by atoms with E-state index in [1.165, 1.54) is 19.3 Å². The fourth-order valence-electron chi connectivity index (χ4n) is 3.62. The van der Waals surface area contributed by atoms with E-state index < -0.39 is 0 Å². The number of hydrogen-bond acceptors (Lipinski definition) is 3. The molecular weight excluding hydrogens is 266 g/mol. The van der Waals surface area contributed by atoms with Crippen LogP contribution in [0.1, 0.15) is 59.3 Å². The molecule has 122 valence electrons. The Hall–Kier alpha value is -0.610. The van der Waals surface area contributed by atoms with Crippen molar-refractivity contribution in [3.05, 3.63) is 0 Å². The predicted molar refractivity (Wildman–Crippen MR) is 83.1 cm³/mol. The second-order valence-corrected chi connectivity index (χ2v) is 7.63. The Kier molecular flexibility index (Phi) is 5.67. The summed E-state index contributed by atoms with van der Waals surface area (Å²) in [6.07, 6.45) is 6.76. The Morgan fingerprint density at radius 2 is 2.00 bits per heavy atom. The zero-order valence-corrected chi connectivity index (χ0v) is 14.0. The Labute approximate surface area is 129 Å². The van der Waals surface area contributed by atoms with Gasteiger partial charge in [-0.25, -0.2) is 0 Å². The summed E-state index contributed by atoms with van der Waals surface area (Å²) in [4.78, 5) is 12.1. The molecule has 0 unspecified atom stereocenters. The van der Waals surface area contributed by atoms with Gasteiger partial charge in [-0.1, -0.05) is 33.6 Å². The van der Waals surface area contributed by atoms with Crippen LogP contribution in [0.3, 0.4) is 0 Å². The Morgan fingerprint density at radius 3 is 2.67 bits per heavy atom. The summed E-state index contributed by atoms with van der Waals surface area (Å²) in [5.41, 5.74) is 0.123. The summed E-state index contributed by atoms with van der Waals surface area (Å²) in [7, 11) is 1.63. The fraction of sp³-hybridized carbons (Fsp3) is 0.941. The first kappa shape index (κ1) is 16.8. The quantitative estimate of drug-likeness (QED) is 0.868. The molecule has 1 aliphatic heterocycles. The van der Waals surface area contributed by atoms with Crippen LogP contribution in [0, 0.1) is 11.3 Å². The standard InChI is InChI=1S/C17H31NO3/c1-17(2,3)15-11-13(18-16(19)9-10-20-4)12-7-5-6-8-14(12)21-15/h12-15H,5-11H2,1-4H3,(H,18,19)/t12-,13+,14+,15+/m0/s1. The van der Waals surface area contributed by atoms with E-state index in [1.54, 1.807) is 7.11 Å². The first-order valence-electron chi connectivity index (χ1n) is 8.35. The van der Waals surface area contributed by atoms with Gasteiger partial charge in [-0.05, 0) is 24.7 Å². The highest BCUT2D eigenvalue weighted by Crippen LogP contribution is 2.40. The molecule has 4 atom stereocenters. The third kappa shape index (κ3) is 4.43. The Morgan fingerprint density at radius 1 is 1.29 bits per heavy atom. The van der Waals surface area contributed by atoms with Crippen molar-refractivity contribution < 1.29 is 14.3 Å². The number of hydrogen-bond donors (Lipinski definition) is 1. The van der Waals surface area contributed by atoms with E-state index >= 15 is 0 Å². The van der Waals surface area contributed by atoms with Crippen molar-refractivity contribution in [3.8, 4) is 0 Å². The van der Waals surface area contributed by atoms with Crippen LogP contribution in [-0.2, 0) is 14.3 Å². The minimum absolute atomic E-state index is 0.112. The maximum Gasteiger partial charge on any atom is 0.222 e. The number of ether oxygens (including phenoxy) is 2. The molecule has 1 N–H and O–H groups in total. The van der Waals surface area contributed by atoms with Crippen molar-refractivity contribution in [1.29, 1.82) is 0 Å². The molecule has 1 aliphatic carbocycles. The molecule has 0 bridgehead atoms. The van der Waals surface area contributed by atoms with Gasteiger partial charge in [-0.3, -0.25) is 4.79 Å². The molecule has 1 heterocycles. The van der Waals surface area contributed by atoms with Crippen LogP contribution in [0.5, 0.6) is 0 Å². The number of methoxy groups -OCH3 is 1. The number of nitrogens with one attached hydrogen (secondary N) is 1. The lowest BCUT2D eigenvalue weighted by Gasteiger charge is -2.48. The molecule has 2 rings (SSSR count). The van der Waals surface area contributed by atoms with Gasteiger partial charge in [-0.15, -0.1) is 0 Å². The second kappa shape index (κ2) is 7.10. The van der Waals surface area contributed by atoms with E-state index in [2.05, 4.69) is 26.1 Å². The first-order valence-corrected chi connectivity index (χ1v) is 8.35. The molecule has 0 aromatic carbocycles. The van der Waals surface area contributed by atoms with E-state index in [0.29, 0.717) is 25.0 Å². The van der Waals surface area contributed by atoms with Gasteiger partial charge in [0.15, 0.2) is 0 Å². The van der Waals surface area contributed by atoms with Crippen molar-refractivity contribution in [3.63, 3.8) is 0 Å². The molecule has 1 saturated carbocycles. The minimum Gasteiger partial charge on any atom is -0.384 e. The zero-order valence-electron chi connectivity index (χ0n) is 14.0. The average Bonchev–Trinajstić information content (AvgIpc) is 2.44. The van der Waals surface area contributed by atoms with E-state index in [1.807, 2.05) is 0 Å². The molecule has 1 amide bonds. The molecule has 0 radical (unpaired) electrons. The van der Waals surface area contributed by atoms with Gasteiger partial charge in [0.25, 0.3) is 0 Å². The van der Waals surface area contributed by atoms with E-state index in [-0.39, 0.29) is 23.5 Å². The summed E-state index contributed by atoms with van der Waals surface area (Å²) in [6.45, 7) is 7.17. The van der Waals surface area contributed by atoms with Crippen LogP contribution in [0.2, 0.25) is 0 Å². The summed E-state index contributed by atoms with van der Waals surface area (Å²) in [5.74, 6) is 0.601. The molecule has 0 aromatic rings. The molecule has 0 aromatic heterocycles. The largest absolute Gasteiger partial charge is 0.384 e. The monoisotopic (exact) mass is 297 g/mol. The number of amides is 1. The highest BCUT2D eigenvalue weighted by atomic mass is 16.5. The fourth-order valence-corrected chi connectivity index (χ4v) is 3.62. The Bertz CT molecular complexity index is 350. The van der Waals surface area contributed by atoms with Gasteiger partial charge in [-0.2, -0.15) is 0 Å². The van der Waals surface area contributed by atoms with Crippen LogP contribution >= 0.6 is 0 Å². The summed E-state index contributed by atoms with van der Waals surface area (Å²) in [6, 6.07) is 0.262. The van der Waals surface area contributed by atoms with Crippen LogP contribution in [0.4, 0.5) is 0 Å². The zero-order chi connectivity index (χ0) is 15.5. The summed E-state index contributed by atoms with van der Waals surface area (Å²) in [5, 5.41) is 3.26. The van der Waals surface area contributed by atoms with Crippen LogP contribution < -0.4 is 5.32 Å². The van der Waals surface area contributed by atoms with Crippen molar-refractivity contribution in [2.45, 2.75) is 77.5 Å². The van der Waals surface area contributed by atoms with Gasteiger partial charge >= 0.3 is 0 Å². The number of fused-ring (bicyclic) bond motifs is 1. The average molecular weight is 297 g/mol. The topological polar surface area (TPSA) is 47.6 Å². The molecular formula is C17H31NO3. The molecule has 2 aliphatic rings. The lowest BCUT2D eigenvalue weighted by molar-refractivity contribution is -0.152. The highest BCUT2D eigenvalue weighted by Gasteiger charge is 2.43. The van der Waals surface area contributed by atoms with Gasteiger partial charge in [0.2, 0.25) is 5.91 Å². The van der Waals surface area contributed by atoms with E-state index in [9.17, 15) is 4.79 Å². The number of carbonyl (C=O) groups is 1. The summed E-state index contributed by atoms with van der Waals surface area (Å²) >= 11 is 0. The van der Waals surface area contributed by atoms with Gasteiger partial charge < -0.3 is 14.8 Å². The van der Waals surface area contributed by atoms with E-state index in [4.69, 9.17) is 9.47 Å².